The Morgan fingerprint density at radius 1 is 1.36 bits per heavy atom. The van der Waals surface area contributed by atoms with E-state index in [9.17, 15) is 9.59 Å². The number of rotatable bonds is 5. The Morgan fingerprint density at radius 3 is 2.96 bits per heavy atom. The van der Waals surface area contributed by atoms with E-state index in [2.05, 4.69) is 0 Å². The number of ether oxygens (including phenoxy) is 2. The van der Waals surface area contributed by atoms with Crippen LogP contribution in [0, 0.1) is 5.92 Å². The van der Waals surface area contributed by atoms with Crippen LogP contribution in [0.15, 0.2) is 33.5 Å². The number of carbonyl (C=O) groups is 1. The largest absolute Gasteiger partial charge is 0.497 e. The summed E-state index contributed by atoms with van der Waals surface area (Å²) in [5.74, 6) is 0.484. The van der Waals surface area contributed by atoms with Gasteiger partial charge in [0.05, 0.1) is 26.8 Å². The molecule has 0 aliphatic carbocycles. The third-order valence-corrected chi connectivity index (χ3v) is 4.72. The average Bonchev–Trinajstić information content (AvgIpc) is 2.61. The molecule has 1 aromatic carbocycles. The highest BCUT2D eigenvalue weighted by molar-refractivity contribution is 5.81. The number of nitrogens with one attached hydrogen (secondary N) is 1. The second kappa shape index (κ2) is 7.70. The van der Waals surface area contributed by atoms with Crippen LogP contribution in [-0.2, 0) is 16.1 Å². The number of esters is 1. The van der Waals surface area contributed by atoms with Gasteiger partial charge in [0, 0.05) is 23.1 Å². The van der Waals surface area contributed by atoms with E-state index in [-0.39, 0.29) is 17.5 Å². The Kier molecular flexibility index (Phi) is 5.38. The number of hydrogen-bond donors (Lipinski definition) is 1. The highest BCUT2D eigenvalue weighted by Crippen LogP contribution is 2.22. The lowest BCUT2D eigenvalue weighted by molar-refractivity contribution is -0.921. The van der Waals surface area contributed by atoms with Gasteiger partial charge in [-0.15, -0.1) is 0 Å². The van der Waals surface area contributed by atoms with Crippen molar-refractivity contribution in [3.05, 3.63) is 40.2 Å². The third kappa shape index (κ3) is 4.02. The number of carbonyl (C=O) groups excluding carboxylic acids is 1. The summed E-state index contributed by atoms with van der Waals surface area (Å²) in [6.45, 7) is 4.64. The zero-order valence-corrected chi connectivity index (χ0v) is 14.7. The first kappa shape index (κ1) is 17.5. The van der Waals surface area contributed by atoms with E-state index in [1.54, 1.807) is 19.2 Å². The fourth-order valence-corrected chi connectivity index (χ4v) is 3.53. The molecule has 1 fully saturated rings. The van der Waals surface area contributed by atoms with Crippen molar-refractivity contribution in [2.24, 2.45) is 5.92 Å². The van der Waals surface area contributed by atoms with Crippen LogP contribution in [0.3, 0.4) is 0 Å². The number of fused-ring (bicyclic) bond motifs is 1. The summed E-state index contributed by atoms with van der Waals surface area (Å²) >= 11 is 0. The van der Waals surface area contributed by atoms with Crippen molar-refractivity contribution in [3.63, 3.8) is 0 Å². The molecular formula is C19H24NO5+. The molecule has 2 atom stereocenters. The van der Waals surface area contributed by atoms with Crippen LogP contribution in [0.25, 0.3) is 11.0 Å². The van der Waals surface area contributed by atoms with Gasteiger partial charge in [0.2, 0.25) is 0 Å². The first-order chi connectivity index (χ1) is 12.1. The zero-order valence-electron chi connectivity index (χ0n) is 14.7. The van der Waals surface area contributed by atoms with Gasteiger partial charge in [-0.2, -0.15) is 0 Å². The first-order valence-corrected chi connectivity index (χ1v) is 8.71. The van der Waals surface area contributed by atoms with Crippen molar-refractivity contribution in [2.75, 3.05) is 26.8 Å². The van der Waals surface area contributed by atoms with Gasteiger partial charge in [-0.05, 0) is 31.9 Å². The summed E-state index contributed by atoms with van der Waals surface area (Å²) < 4.78 is 15.7. The molecule has 6 heteroatoms. The van der Waals surface area contributed by atoms with Gasteiger partial charge in [-0.25, -0.2) is 4.79 Å². The Balaban J connectivity index is 1.82. The quantitative estimate of drug-likeness (QED) is 0.650. The molecule has 1 aromatic heterocycles. The van der Waals surface area contributed by atoms with Crippen LogP contribution in [0.5, 0.6) is 5.75 Å². The molecule has 134 valence electrons. The van der Waals surface area contributed by atoms with Crippen LogP contribution in [-0.4, -0.2) is 32.8 Å². The van der Waals surface area contributed by atoms with Gasteiger partial charge in [0.25, 0.3) is 0 Å². The number of quaternary nitrogens is 1. The number of methoxy groups -OCH3 is 1. The molecule has 0 spiro atoms. The summed E-state index contributed by atoms with van der Waals surface area (Å²) in [4.78, 5) is 25.2. The monoisotopic (exact) mass is 346 g/mol. The highest BCUT2D eigenvalue weighted by atomic mass is 16.5. The number of hydrogen-bond acceptors (Lipinski definition) is 5. The molecule has 25 heavy (non-hydrogen) atoms. The summed E-state index contributed by atoms with van der Waals surface area (Å²) in [5, 5.41) is 0.908. The third-order valence-electron chi connectivity index (χ3n) is 4.72. The van der Waals surface area contributed by atoms with Gasteiger partial charge >= 0.3 is 11.6 Å². The van der Waals surface area contributed by atoms with E-state index in [1.807, 2.05) is 19.1 Å². The number of likely N-dealkylation sites (tertiary alicyclic amines) is 1. The van der Waals surface area contributed by atoms with E-state index in [0.29, 0.717) is 24.5 Å². The van der Waals surface area contributed by atoms with Crippen LogP contribution in [0.1, 0.15) is 25.3 Å². The normalized spacial score (nSPS) is 20.4. The molecule has 0 bridgehead atoms. The number of benzene rings is 1. The molecule has 1 N–H and O–H groups in total. The SMILES string of the molecule is CCOC(=O)[C@@H]1CCC[NH+](Cc2cc(=O)oc3cc(OC)ccc23)C1. The fourth-order valence-electron chi connectivity index (χ4n) is 3.53. The summed E-state index contributed by atoms with van der Waals surface area (Å²) in [5.41, 5.74) is 1.10. The van der Waals surface area contributed by atoms with Gasteiger partial charge in [0.15, 0.2) is 0 Å². The molecule has 0 amide bonds. The van der Waals surface area contributed by atoms with Gasteiger partial charge in [-0.1, -0.05) is 0 Å². The van der Waals surface area contributed by atoms with Crippen molar-refractivity contribution in [1.29, 1.82) is 0 Å². The highest BCUT2D eigenvalue weighted by Gasteiger charge is 2.30. The standard InChI is InChI=1S/C19H23NO5/c1-3-24-19(22)13-5-4-8-20(11-13)12-14-9-18(21)25-17-10-15(23-2)6-7-16(14)17/h6-7,9-10,13H,3-5,8,11-12H2,1-2H3/p+1/t13-/m1/s1. The molecule has 2 heterocycles. The van der Waals surface area contributed by atoms with Crippen molar-refractivity contribution in [2.45, 2.75) is 26.3 Å². The average molecular weight is 346 g/mol. The Morgan fingerprint density at radius 2 is 2.20 bits per heavy atom. The Labute approximate surface area is 146 Å². The molecule has 1 aliphatic rings. The fraction of sp³-hybridized carbons (Fsp3) is 0.474. The van der Waals surface area contributed by atoms with Gasteiger partial charge in [0.1, 0.15) is 23.8 Å². The van der Waals surface area contributed by atoms with E-state index >= 15 is 0 Å². The van der Waals surface area contributed by atoms with Gasteiger partial charge < -0.3 is 18.8 Å². The van der Waals surface area contributed by atoms with E-state index in [4.69, 9.17) is 13.9 Å². The maximum absolute atomic E-state index is 12.0. The zero-order chi connectivity index (χ0) is 17.8. The lowest BCUT2D eigenvalue weighted by atomic mass is 9.97. The maximum atomic E-state index is 12.0. The maximum Gasteiger partial charge on any atom is 0.336 e. The molecule has 6 nitrogen and oxygen atoms in total. The minimum Gasteiger partial charge on any atom is -0.497 e. The van der Waals surface area contributed by atoms with Crippen LogP contribution in [0.2, 0.25) is 0 Å². The van der Waals surface area contributed by atoms with Crippen molar-refractivity contribution in [1.82, 2.24) is 0 Å². The van der Waals surface area contributed by atoms with Crippen molar-refractivity contribution in [3.8, 4) is 5.75 Å². The van der Waals surface area contributed by atoms with Crippen LogP contribution in [0.4, 0.5) is 0 Å². The summed E-state index contributed by atoms with van der Waals surface area (Å²) in [6, 6.07) is 7.06. The molecule has 0 saturated carbocycles. The van der Waals surface area contributed by atoms with E-state index in [1.165, 1.54) is 4.90 Å². The van der Waals surface area contributed by atoms with Crippen LogP contribution >= 0.6 is 0 Å². The lowest BCUT2D eigenvalue weighted by Gasteiger charge is -2.28. The molecule has 3 rings (SSSR count). The Bertz CT molecular complexity index is 813. The topological polar surface area (TPSA) is 70.2 Å². The molecule has 0 radical (unpaired) electrons. The predicted octanol–water partition coefficient (Wildman–Crippen LogP) is 1.16. The summed E-state index contributed by atoms with van der Waals surface area (Å²) in [6.07, 6.45) is 1.85. The van der Waals surface area contributed by atoms with E-state index in [0.717, 1.165) is 36.9 Å². The molecule has 1 unspecified atom stereocenters. The van der Waals surface area contributed by atoms with E-state index < -0.39 is 0 Å². The minimum absolute atomic E-state index is 0.0600. The molecular weight excluding hydrogens is 322 g/mol. The smallest absolute Gasteiger partial charge is 0.336 e. The van der Waals surface area contributed by atoms with Crippen molar-refractivity contribution < 1.29 is 23.6 Å². The molecule has 1 aliphatic heterocycles. The van der Waals surface area contributed by atoms with Gasteiger partial charge in [-0.3, -0.25) is 4.79 Å². The lowest BCUT2D eigenvalue weighted by Crippen LogP contribution is -3.12. The molecule has 1 saturated heterocycles. The second-order valence-corrected chi connectivity index (χ2v) is 6.42. The summed E-state index contributed by atoms with van der Waals surface area (Å²) in [7, 11) is 1.58. The van der Waals surface area contributed by atoms with Crippen molar-refractivity contribution >= 4 is 16.9 Å². The molecule has 2 aromatic rings. The first-order valence-electron chi connectivity index (χ1n) is 8.71. The number of piperidine rings is 1. The predicted molar refractivity (Wildman–Crippen MR) is 92.8 cm³/mol. The van der Waals surface area contributed by atoms with Crippen LogP contribution < -0.4 is 15.3 Å². The Hall–Kier alpha value is -2.34. The minimum atomic E-state index is -0.367. The second-order valence-electron chi connectivity index (χ2n) is 6.42.